The van der Waals surface area contributed by atoms with Crippen LogP contribution in [0.5, 0.6) is 0 Å². The molecule has 5 rings (SSSR count). The van der Waals surface area contributed by atoms with E-state index in [0.29, 0.717) is 0 Å². The van der Waals surface area contributed by atoms with Gasteiger partial charge in [-0.1, -0.05) is 43.9 Å². The van der Waals surface area contributed by atoms with Gasteiger partial charge in [0.15, 0.2) is 0 Å². The molecule has 1 aromatic carbocycles. The standard InChI is InChI=1S/C12H2Cl2N2S4/c13-7-3-1-5-4(8(14)12-9(5)15-19-18-12)2-6(3)10-11(7)17-20-16-10/h1-2H. The second-order valence-electron chi connectivity index (χ2n) is 4.43. The molecule has 0 saturated heterocycles. The fourth-order valence-corrected chi connectivity index (χ4v) is 7.36. The lowest BCUT2D eigenvalue weighted by atomic mass is 10.1. The molecular formula is C12H2Cl2N2S4. The highest BCUT2D eigenvalue weighted by Crippen LogP contribution is 2.51. The van der Waals surface area contributed by atoms with Gasteiger partial charge >= 0.3 is 0 Å². The second-order valence-corrected chi connectivity index (χ2v) is 8.89. The maximum Gasteiger partial charge on any atom is 0.104 e. The lowest BCUT2D eigenvalue weighted by Crippen LogP contribution is -1.71. The average Bonchev–Trinajstić information content (AvgIpc) is 3.17. The quantitative estimate of drug-likeness (QED) is 0.288. The van der Waals surface area contributed by atoms with Crippen LogP contribution in [0.2, 0.25) is 10.0 Å². The Morgan fingerprint density at radius 1 is 0.700 bits per heavy atom. The van der Waals surface area contributed by atoms with E-state index in [-0.39, 0.29) is 0 Å². The first kappa shape index (κ1) is 12.1. The van der Waals surface area contributed by atoms with Gasteiger partial charge in [0.2, 0.25) is 0 Å². The Morgan fingerprint density at radius 2 is 1.15 bits per heavy atom. The SMILES string of the molecule is Clc1c2ssnc-2c2cc3c(Cl)c4ssnc-4c3cc12. The first-order chi connectivity index (χ1) is 9.75. The van der Waals surface area contributed by atoms with Crippen LogP contribution in [0.15, 0.2) is 12.1 Å². The Bertz CT molecular complexity index is 953. The van der Waals surface area contributed by atoms with Gasteiger partial charge in [0.05, 0.1) is 19.8 Å². The molecule has 2 nitrogen and oxygen atoms in total. The number of fused-ring (bicyclic) bond motifs is 6. The lowest BCUT2D eigenvalue weighted by molar-refractivity contribution is 1.61. The first-order valence-electron chi connectivity index (χ1n) is 5.59. The highest BCUT2D eigenvalue weighted by atomic mass is 35.5. The molecule has 2 aliphatic carbocycles. The van der Waals surface area contributed by atoms with Crippen LogP contribution in [0.25, 0.3) is 42.7 Å². The van der Waals surface area contributed by atoms with Gasteiger partial charge in [-0.3, -0.25) is 0 Å². The molecule has 4 aliphatic rings. The van der Waals surface area contributed by atoms with E-state index >= 15 is 0 Å². The highest BCUT2D eigenvalue weighted by Gasteiger charge is 2.25. The summed E-state index contributed by atoms with van der Waals surface area (Å²) >= 11 is 13.0. The summed E-state index contributed by atoms with van der Waals surface area (Å²) in [6.07, 6.45) is 0. The normalized spacial score (nSPS) is 12.5. The molecule has 0 atom stereocenters. The van der Waals surface area contributed by atoms with Crippen LogP contribution < -0.4 is 0 Å². The van der Waals surface area contributed by atoms with Gasteiger partial charge in [-0.25, -0.2) is 0 Å². The fourth-order valence-electron chi connectivity index (χ4n) is 2.57. The molecule has 0 bridgehead atoms. The Morgan fingerprint density at radius 3 is 1.60 bits per heavy atom. The van der Waals surface area contributed by atoms with Crippen molar-refractivity contribution in [3.05, 3.63) is 22.2 Å². The van der Waals surface area contributed by atoms with E-state index in [9.17, 15) is 0 Å². The number of nitrogens with zero attached hydrogens (tertiary/aromatic N) is 2. The van der Waals surface area contributed by atoms with Crippen LogP contribution in [0.4, 0.5) is 0 Å². The molecule has 1 aromatic rings. The molecule has 0 unspecified atom stereocenters. The maximum absolute atomic E-state index is 6.49. The average molecular weight is 373 g/mol. The summed E-state index contributed by atoms with van der Waals surface area (Å²) in [5.41, 5.74) is 1.97. The molecule has 2 heterocycles. The van der Waals surface area contributed by atoms with Gasteiger partial charge in [0.25, 0.3) is 0 Å². The van der Waals surface area contributed by atoms with Crippen LogP contribution in [-0.2, 0) is 0 Å². The molecule has 20 heavy (non-hydrogen) atoms. The molecule has 0 amide bonds. The van der Waals surface area contributed by atoms with Crippen LogP contribution >= 0.6 is 65.0 Å². The summed E-state index contributed by atoms with van der Waals surface area (Å²) in [7, 11) is 6.17. The van der Waals surface area contributed by atoms with Crippen molar-refractivity contribution in [2.24, 2.45) is 0 Å². The van der Waals surface area contributed by atoms with Crippen molar-refractivity contribution in [1.29, 1.82) is 0 Å². The fraction of sp³-hybridized carbons (Fsp3) is 0. The summed E-state index contributed by atoms with van der Waals surface area (Å²) in [5.74, 6) is 0. The zero-order chi connectivity index (χ0) is 13.4. The minimum Gasteiger partial charge on any atom is -0.181 e. The lowest BCUT2D eigenvalue weighted by Gasteiger charge is -1.95. The molecule has 0 spiro atoms. The van der Waals surface area contributed by atoms with Gasteiger partial charge in [0.1, 0.15) is 11.4 Å². The van der Waals surface area contributed by atoms with Crippen molar-refractivity contribution in [3.8, 4) is 21.1 Å². The molecule has 2 aliphatic heterocycles. The van der Waals surface area contributed by atoms with Gasteiger partial charge in [-0.05, 0) is 12.1 Å². The minimum atomic E-state index is 0.792. The molecule has 8 heteroatoms. The molecule has 98 valence electrons. The second kappa shape index (κ2) is 4.03. The molecule has 0 radical (unpaired) electrons. The van der Waals surface area contributed by atoms with Gasteiger partial charge in [-0.2, -0.15) is 8.75 Å². The van der Waals surface area contributed by atoms with Crippen LogP contribution in [0.1, 0.15) is 0 Å². The number of hydrogen-bond acceptors (Lipinski definition) is 6. The highest BCUT2D eigenvalue weighted by molar-refractivity contribution is 7.69. The molecule has 0 fully saturated rings. The van der Waals surface area contributed by atoms with Crippen molar-refractivity contribution in [2.75, 3.05) is 0 Å². The maximum atomic E-state index is 6.49. The summed E-state index contributed by atoms with van der Waals surface area (Å²) < 4.78 is 8.93. The van der Waals surface area contributed by atoms with E-state index in [0.717, 1.165) is 52.7 Å². The molecule has 0 aromatic heterocycles. The number of halogens is 2. The Labute approximate surface area is 138 Å². The first-order valence-corrected chi connectivity index (χ1v) is 10.6. The Balaban J connectivity index is 2.08. The zero-order valence-corrected chi connectivity index (χ0v) is 14.2. The Kier molecular flexibility index (Phi) is 2.43. The van der Waals surface area contributed by atoms with E-state index < -0.39 is 0 Å². The smallest absolute Gasteiger partial charge is 0.104 e. The third-order valence-corrected chi connectivity index (χ3v) is 8.16. The van der Waals surface area contributed by atoms with Crippen LogP contribution in [0, 0.1) is 0 Å². The summed E-state index contributed by atoms with van der Waals surface area (Å²) in [5, 5.41) is 5.83. The predicted octanol–water partition coefficient (Wildman–Crippen LogP) is 6.55. The number of hydrogen-bond donors (Lipinski definition) is 0. The third kappa shape index (κ3) is 1.35. The van der Waals surface area contributed by atoms with Crippen molar-refractivity contribution in [1.82, 2.24) is 8.75 Å². The van der Waals surface area contributed by atoms with Crippen molar-refractivity contribution < 1.29 is 0 Å². The molecule has 0 N–H and O–H groups in total. The van der Waals surface area contributed by atoms with Crippen LogP contribution in [0.3, 0.4) is 0 Å². The largest absolute Gasteiger partial charge is 0.181 e. The third-order valence-electron chi connectivity index (χ3n) is 3.47. The van der Waals surface area contributed by atoms with E-state index in [1.165, 1.54) is 21.1 Å². The van der Waals surface area contributed by atoms with Gasteiger partial charge < -0.3 is 0 Å². The monoisotopic (exact) mass is 372 g/mol. The van der Waals surface area contributed by atoms with Crippen LogP contribution in [-0.4, -0.2) is 8.75 Å². The predicted molar refractivity (Wildman–Crippen MR) is 91.8 cm³/mol. The van der Waals surface area contributed by atoms with Gasteiger partial charge in [-0.15, -0.1) is 0 Å². The molecule has 0 saturated carbocycles. The van der Waals surface area contributed by atoms with Crippen molar-refractivity contribution in [3.63, 3.8) is 0 Å². The van der Waals surface area contributed by atoms with Crippen molar-refractivity contribution >= 4 is 86.5 Å². The molecular weight excluding hydrogens is 371 g/mol. The van der Waals surface area contributed by atoms with E-state index in [1.807, 2.05) is 0 Å². The number of rotatable bonds is 0. The minimum absolute atomic E-state index is 0.792. The number of aromatic nitrogens is 2. The summed E-state index contributed by atoms with van der Waals surface area (Å²) in [6, 6.07) is 4.21. The van der Waals surface area contributed by atoms with E-state index in [4.69, 9.17) is 23.2 Å². The van der Waals surface area contributed by atoms with Gasteiger partial charge in [0, 0.05) is 42.6 Å². The Hall–Kier alpha value is -0.500. The zero-order valence-electron chi connectivity index (χ0n) is 9.44. The topological polar surface area (TPSA) is 25.8 Å². The summed E-state index contributed by atoms with van der Waals surface area (Å²) in [6.45, 7) is 0. The van der Waals surface area contributed by atoms with E-state index in [2.05, 4.69) is 20.9 Å². The number of benzene rings is 1. The van der Waals surface area contributed by atoms with Crippen molar-refractivity contribution in [2.45, 2.75) is 0 Å². The summed E-state index contributed by atoms with van der Waals surface area (Å²) in [4.78, 5) is 2.13. The van der Waals surface area contributed by atoms with E-state index in [1.54, 1.807) is 20.7 Å².